The summed E-state index contributed by atoms with van der Waals surface area (Å²) in [5.41, 5.74) is 1.18. The number of hydrogen-bond donors (Lipinski definition) is 2. The lowest BCUT2D eigenvalue weighted by Crippen LogP contribution is -2.58. The summed E-state index contributed by atoms with van der Waals surface area (Å²) in [4.78, 5) is 24.0. The summed E-state index contributed by atoms with van der Waals surface area (Å²) < 4.78 is 28.5. The minimum atomic E-state index is -3.66. The molecule has 2 saturated heterocycles. The molecule has 2 unspecified atom stereocenters. The zero-order valence-corrected chi connectivity index (χ0v) is 18.3. The van der Waals surface area contributed by atoms with Crippen molar-refractivity contribution in [3.63, 3.8) is 0 Å². The van der Waals surface area contributed by atoms with Gasteiger partial charge in [-0.2, -0.15) is 4.31 Å². The molecule has 0 radical (unpaired) electrons. The number of fused-ring (bicyclic) bond motifs is 2. The Balaban J connectivity index is 1.50. The Morgan fingerprint density at radius 1 is 0.935 bits per heavy atom. The minimum Gasteiger partial charge on any atom is -0.349 e. The number of amides is 2. The van der Waals surface area contributed by atoms with Gasteiger partial charge < -0.3 is 10.6 Å². The average Bonchev–Trinajstić information content (AvgIpc) is 2.73. The van der Waals surface area contributed by atoms with Gasteiger partial charge in [0.25, 0.3) is 5.91 Å². The first-order valence-electron chi connectivity index (χ1n) is 10.6. The molecule has 164 valence electrons. The Hall–Kier alpha value is -2.71. The maximum absolute atomic E-state index is 13.4. The zero-order valence-electron chi connectivity index (χ0n) is 17.5. The maximum Gasteiger partial charge on any atom is 0.251 e. The van der Waals surface area contributed by atoms with Gasteiger partial charge >= 0.3 is 0 Å². The molecule has 7 nitrogen and oxygen atoms in total. The Morgan fingerprint density at radius 2 is 1.55 bits per heavy atom. The van der Waals surface area contributed by atoms with Gasteiger partial charge in [0.05, 0.1) is 4.90 Å². The lowest BCUT2D eigenvalue weighted by molar-refractivity contribution is -0.114. The molecule has 0 aromatic heterocycles. The van der Waals surface area contributed by atoms with Gasteiger partial charge in [-0.15, -0.1) is 0 Å². The maximum atomic E-state index is 13.4. The van der Waals surface area contributed by atoms with Crippen LogP contribution < -0.4 is 10.6 Å². The second kappa shape index (κ2) is 8.80. The van der Waals surface area contributed by atoms with E-state index in [0.717, 1.165) is 19.3 Å². The van der Waals surface area contributed by atoms with Crippen molar-refractivity contribution >= 4 is 27.5 Å². The standard InChI is InChI=1S/C23H27N3O4S/c1-16(27)24-18-10-12-22(13-11-18)31(29,30)26-20-8-5-9-21(26)15-19(14-20)25-23(28)17-6-3-2-4-7-17/h2-4,6-7,10-13,19-21H,5,8-9,14-15H2,1H3,(H,24,27)(H,25,28). The van der Waals surface area contributed by atoms with Crippen LogP contribution >= 0.6 is 0 Å². The van der Waals surface area contributed by atoms with Crippen molar-refractivity contribution in [1.29, 1.82) is 0 Å². The van der Waals surface area contributed by atoms with Crippen molar-refractivity contribution in [3.8, 4) is 0 Å². The molecule has 2 aliphatic heterocycles. The first kappa shape index (κ1) is 21.5. The number of nitrogens with zero attached hydrogens (tertiary/aromatic N) is 1. The Labute approximate surface area is 182 Å². The SMILES string of the molecule is CC(=O)Nc1ccc(S(=O)(=O)N2C3CCCC2CC(NC(=O)c2ccccc2)C3)cc1. The predicted molar refractivity (Wildman–Crippen MR) is 118 cm³/mol. The fourth-order valence-electron chi connectivity index (χ4n) is 4.74. The minimum absolute atomic E-state index is 0.0448. The van der Waals surface area contributed by atoms with Crippen LogP contribution in [-0.2, 0) is 14.8 Å². The molecule has 2 atom stereocenters. The van der Waals surface area contributed by atoms with E-state index >= 15 is 0 Å². The third kappa shape index (κ3) is 4.65. The molecule has 2 N–H and O–H groups in total. The summed E-state index contributed by atoms with van der Waals surface area (Å²) in [6.45, 7) is 1.41. The number of piperidine rings is 2. The summed E-state index contributed by atoms with van der Waals surface area (Å²) >= 11 is 0. The Kier molecular flexibility index (Phi) is 6.11. The van der Waals surface area contributed by atoms with Crippen molar-refractivity contribution in [2.24, 2.45) is 0 Å². The Morgan fingerprint density at radius 3 is 2.13 bits per heavy atom. The van der Waals surface area contributed by atoms with E-state index in [0.29, 0.717) is 24.1 Å². The molecular formula is C23H27N3O4S. The molecule has 2 fully saturated rings. The predicted octanol–water partition coefficient (Wildman–Crippen LogP) is 3.15. The lowest BCUT2D eigenvalue weighted by Gasteiger charge is -2.47. The molecule has 2 aromatic carbocycles. The highest BCUT2D eigenvalue weighted by Gasteiger charge is 2.45. The van der Waals surface area contributed by atoms with Crippen molar-refractivity contribution in [3.05, 3.63) is 60.2 Å². The highest BCUT2D eigenvalue weighted by molar-refractivity contribution is 7.89. The van der Waals surface area contributed by atoms with Crippen molar-refractivity contribution in [2.45, 2.75) is 62.0 Å². The van der Waals surface area contributed by atoms with E-state index in [9.17, 15) is 18.0 Å². The van der Waals surface area contributed by atoms with Gasteiger partial charge in [0.2, 0.25) is 15.9 Å². The number of rotatable bonds is 5. The summed E-state index contributed by atoms with van der Waals surface area (Å²) in [6, 6.07) is 15.1. The van der Waals surface area contributed by atoms with Crippen LogP contribution in [0.2, 0.25) is 0 Å². The summed E-state index contributed by atoms with van der Waals surface area (Å²) in [5.74, 6) is -0.321. The van der Waals surface area contributed by atoms with Crippen LogP contribution in [0.5, 0.6) is 0 Å². The first-order valence-corrected chi connectivity index (χ1v) is 12.1. The fourth-order valence-corrected chi connectivity index (χ4v) is 6.63. The molecule has 2 amide bonds. The molecule has 2 bridgehead atoms. The van der Waals surface area contributed by atoms with Crippen LogP contribution in [0, 0.1) is 0 Å². The lowest BCUT2D eigenvalue weighted by atomic mass is 9.84. The largest absolute Gasteiger partial charge is 0.349 e. The number of sulfonamides is 1. The molecule has 0 spiro atoms. The molecule has 31 heavy (non-hydrogen) atoms. The molecule has 2 aliphatic rings. The molecule has 0 saturated carbocycles. The van der Waals surface area contributed by atoms with E-state index in [-0.39, 0.29) is 34.8 Å². The second-order valence-electron chi connectivity index (χ2n) is 8.29. The zero-order chi connectivity index (χ0) is 22.0. The van der Waals surface area contributed by atoms with Gasteiger partial charge in [-0.05, 0) is 62.1 Å². The van der Waals surface area contributed by atoms with E-state index in [1.54, 1.807) is 40.7 Å². The van der Waals surface area contributed by atoms with Crippen LogP contribution in [0.25, 0.3) is 0 Å². The number of benzene rings is 2. The normalized spacial score (nSPS) is 23.7. The number of anilines is 1. The number of carbonyl (C=O) groups excluding carboxylic acids is 2. The van der Waals surface area contributed by atoms with E-state index in [2.05, 4.69) is 10.6 Å². The van der Waals surface area contributed by atoms with E-state index in [1.807, 2.05) is 18.2 Å². The molecule has 2 heterocycles. The van der Waals surface area contributed by atoms with Gasteiger partial charge in [0.15, 0.2) is 0 Å². The van der Waals surface area contributed by atoms with Crippen LogP contribution in [0.4, 0.5) is 5.69 Å². The van der Waals surface area contributed by atoms with Gasteiger partial charge in [0, 0.05) is 36.3 Å². The summed E-state index contributed by atoms with van der Waals surface area (Å²) in [5, 5.41) is 5.75. The smallest absolute Gasteiger partial charge is 0.251 e. The number of hydrogen-bond acceptors (Lipinski definition) is 4. The molecular weight excluding hydrogens is 414 g/mol. The monoisotopic (exact) mass is 441 g/mol. The van der Waals surface area contributed by atoms with E-state index in [4.69, 9.17) is 0 Å². The average molecular weight is 442 g/mol. The van der Waals surface area contributed by atoms with Gasteiger partial charge in [-0.1, -0.05) is 24.6 Å². The molecule has 2 aromatic rings. The topological polar surface area (TPSA) is 95.6 Å². The quantitative estimate of drug-likeness (QED) is 0.745. The number of nitrogens with one attached hydrogen (secondary N) is 2. The summed E-state index contributed by atoms with van der Waals surface area (Å²) in [7, 11) is -3.66. The van der Waals surface area contributed by atoms with Gasteiger partial charge in [-0.3, -0.25) is 9.59 Å². The van der Waals surface area contributed by atoms with Gasteiger partial charge in [-0.25, -0.2) is 8.42 Å². The van der Waals surface area contributed by atoms with E-state index < -0.39 is 10.0 Å². The molecule has 8 heteroatoms. The molecule has 4 rings (SSSR count). The van der Waals surface area contributed by atoms with E-state index in [1.165, 1.54) is 6.92 Å². The van der Waals surface area contributed by atoms with Crippen LogP contribution in [-0.4, -0.2) is 42.7 Å². The third-order valence-electron chi connectivity index (χ3n) is 6.03. The van der Waals surface area contributed by atoms with Gasteiger partial charge in [0.1, 0.15) is 0 Å². The molecule has 0 aliphatic carbocycles. The van der Waals surface area contributed by atoms with Crippen molar-refractivity contribution in [1.82, 2.24) is 9.62 Å². The van der Waals surface area contributed by atoms with Crippen molar-refractivity contribution < 1.29 is 18.0 Å². The Bertz CT molecular complexity index is 1040. The number of carbonyl (C=O) groups is 2. The van der Waals surface area contributed by atoms with Crippen LogP contribution in [0.3, 0.4) is 0 Å². The van der Waals surface area contributed by atoms with Crippen LogP contribution in [0.15, 0.2) is 59.5 Å². The fraction of sp³-hybridized carbons (Fsp3) is 0.391. The second-order valence-corrected chi connectivity index (χ2v) is 10.1. The van der Waals surface area contributed by atoms with Crippen molar-refractivity contribution in [2.75, 3.05) is 5.32 Å². The first-order chi connectivity index (χ1) is 14.8. The highest BCUT2D eigenvalue weighted by atomic mass is 32.2. The third-order valence-corrected chi connectivity index (χ3v) is 8.05. The summed E-state index contributed by atoms with van der Waals surface area (Å²) in [6.07, 6.45) is 3.79. The van der Waals surface area contributed by atoms with Crippen LogP contribution in [0.1, 0.15) is 49.4 Å². The highest BCUT2D eigenvalue weighted by Crippen LogP contribution is 2.38.